The third-order valence-electron chi connectivity index (χ3n) is 6.65. The molecule has 3 nitrogen and oxygen atoms in total. The van der Waals surface area contributed by atoms with Crippen LogP contribution in [0, 0.1) is 17.3 Å². The number of fused-ring (bicyclic) bond motifs is 5. The Morgan fingerprint density at radius 1 is 1.19 bits per heavy atom. The van der Waals surface area contributed by atoms with Crippen LogP contribution in [0.3, 0.4) is 0 Å². The molecule has 0 spiro atoms. The molecule has 0 aromatic heterocycles. The first-order chi connectivity index (χ1) is 10.0. The highest BCUT2D eigenvalue weighted by Crippen LogP contribution is 2.60. The number of aromatic hydroxyl groups is 1. The minimum Gasteiger partial charge on any atom is -0.508 e. The van der Waals surface area contributed by atoms with E-state index in [4.69, 9.17) is 0 Å². The summed E-state index contributed by atoms with van der Waals surface area (Å²) in [5.74, 6) is 1.51. The van der Waals surface area contributed by atoms with Crippen LogP contribution in [-0.2, 0) is 6.42 Å². The lowest BCUT2D eigenvalue weighted by Crippen LogP contribution is -2.46. The van der Waals surface area contributed by atoms with Crippen molar-refractivity contribution in [3.05, 3.63) is 29.3 Å². The van der Waals surface area contributed by atoms with Crippen LogP contribution in [-0.4, -0.2) is 27.5 Å². The molecule has 0 aliphatic heterocycles. The standard InChI is InChI=1S/C18H24O3/c1-18-7-6-13-12-5-3-11(19)8-10(12)2-4-14(13)17(18)15(20)9-16(18)21/h3,5,8,13-17,19-21H,2,4,6-7,9H2,1H3/t13-,14-,15+,16+,17+,18-/m1/s1. The molecule has 1 aromatic rings. The van der Waals surface area contributed by atoms with Crippen molar-refractivity contribution in [1.29, 1.82) is 0 Å². The number of hydrogen-bond donors (Lipinski definition) is 3. The summed E-state index contributed by atoms with van der Waals surface area (Å²) in [5, 5.41) is 30.6. The van der Waals surface area contributed by atoms with Crippen molar-refractivity contribution in [3.8, 4) is 5.75 Å². The van der Waals surface area contributed by atoms with Gasteiger partial charge >= 0.3 is 0 Å². The monoisotopic (exact) mass is 288 g/mol. The molecule has 0 heterocycles. The van der Waals surface area contributed by atoms with Gasteiger partial charge in [-0.05, 0) is 72.1 Å². The van der Waals surface area contributed by atoms with Crippen molar-refractivity contribution < 1.29 is 15.3 Å². The molecular formula is C18H24O3. The number of hydrogen-bond acceptors (Lipinski definition) is 3. The highest BCUT2D eigenvalue weighted by molar-refractivity contribution is 5.40. The van der Waals surface area contributed by atoms with E-state index in [0.717, 1.165) is 25.7 Å². The normalized spacial score (nSPS) is 44.8. The highest BCUT2D eigenvalue weighted by atomic mass is 16.3. The fraction of sp³-hybridized carbons (Fsp3) is 0.667. The number of aryl methyl sites for hydroxylation is 1. The second-order valence-electron chi connectivity index (χ2n) is 7.58. The van der Waals surface area contributed by atoms with Gasteiger partial charge in [0.05, 0.1) is 12.2 Å². The first kappa shape index (κ1) is 13.6. The topological polar surface area (TPSA) is 60.7 Å². The average Bonchev–Trinajstić information content (AvgIpc) is 2.68. The SMILES string of the molecule is C[C@]12CC[C@@H]3c4ccc(O)cc4CC[C@H]3[C@H]1[C@@H](O)C[C@@H]2O. The first-order valence-electron chi connectivity index (χ1n) is 8.18. The Hall–Kier alpha value is -1.06. The number of benzene rings is 1. The molecule has 0 unspecified atom stereocenters. The van der Waals surface area contributed by atoms with E-state index in [0.29, 0.717) is 24.0 Å². The molecule has 0 bridgehead atoms. The predicted molar refractivity (Wildman–Crippen MR) is 80.1 cm³/mol. The minimum absolute atomic E-state index is 0.116. The van der Waals surface area contributed by atoms with Gasteiger partial charge in [-0.1, -0.05) is 13.0 Å². The van der Waals surface area contributed by atoms with Crippen molar-refractivity contribution in [2.45, 2.75) is 57.2 Å². The maximum absolute atomic E-state index is 10.5. The fourth-order valence-electron chi connectivity index (χ4n) is 5.60. The van der Waals surface area contributed by atoms with Crippen LogP contribution >= 0.6 is 0 Å². The zero-order chi connectivity index (χ0) is 14.8. The quantitative estimate of drug-likeness (QED) is 0.687. The number of aliphatic hydroxyl groups is 2. The third kappa shape index (κ3) is 1.80. The Balaban J connectivity index is 1.73. The maximum Gasteiger partial charge on any atom is 0.115 e. The number of phenols is 1. The summed E-state index contributed by atoms with van der Waals surface area (Å²) in [6, 6.07) is 5.76. The molecule has 3 aliphatic rings. The maximum atomic E-state index is 10.5. The van der Waals surface area contributed by atoms with Crippen molar-refractivity contribution in [1.82, 2.24) is 0 Å². The predicted octanol–water partition coefficient (Wildman–Crippen LogP) is 2.58. The largest absolute Gasteiger partial charge is 0.508 e. The van der Waals surface area contributed by atoms with Crippen LogP contribution in [0.2, 0.25) is 0 Å². The molecule has 3 heteroatoms. The summed E-state index contributed by atoms with van der Waals surface area (Å²) in [5.41, 5.74) is 2.52. The van der Waals surface area contributed by atoms with E-state index in [9.17, 15) is 15.3 Å². The van der Waals surface area contributed by atoms with Crippen LogP contribution in [0.25, 0.3) is 0 Å². The van der Waals surface area contributed by atoms with E-state index in [2.05, 4.69) is 13.0 Å². The second-order valence-corrected chi connectivity index (χ2v) is 7.58. The first-order valence-corrected chi connectivity index (χ1v) is 8.18. The molecule has 3 aliphatic carbocycles. The summed E-state index contributed by atoms with van der Waals surface area (Å²) in [7, 11) is 0. The van der Waals surface area contributed by atoms with Crippen molar-refractivity contribution in [2.24, 2.45) is 17.3 Å². The van der Waals surface area contributed by atoms with Gasteiger partial charge in [-0.3, -0.25) is 0 Å². The zero-order valence-corrected chi connectivity index (χ0v) is 12.5. The van der Waals surface area contributed by atoms with Crippen molar-refractivity contribution >= 4 is 0 Å². The van der Waals surface area contributed by atoms with Gasteiger partial charge in [0, 0.05) is 6.42 Å². The van der Waals surface area contributed by atoms with Gasteiger partial charge in [-0.25, -0.2) is 0 Å². The van der Waals surface area contributed by atoms with Gasteiger partial charge in [-0.2, -0.15) is 0 Å². The van der Waals surface area contributed by atoms with E-state index < -0.39 is 0 Å². The summed E-state index contributed by atoms with van der Waals surface area (Å²) < 4.78 is 0. The summed E-state index contributed by atoms with van der Waals surface area (Å²) in [6.07, 6.45) is 3.91. The van der Waals surface area contributed by atoms with Crippen LogP contribution in [0.5, 0.6) is 5.75 Å². The molecule has 2 saturated carbocycles. The molecule has 3 N–H and O–H groups in total. The number of rotatable bonds is 0. The molecular weight excluding hydrogens is 264 g/mol. The zero-order valence-electron chi connectivity index (χ0n) is 12.5. The summed E-state index contributed by atoms with van der Waals surface area (Å²) in [4.78, 5) is 0. The fourth-order valence-corrected chi connectivity index (χ4v) is 5.60. The smallest absolute Gasteiger partial charge is 0.115 e. The van der Waals surface area contributed by atoms with Crippen molar-refractivity contribution in [3.63, 3.8) is 0 Å². The van der Waals surface area contributed by atoms with Crippen molar-refractivity contribution in [2.75, 3.05) is 0 Å². The molecule has 4 rings (SSSR count). The van der Waals surface area contributed by atoms with E-state index in [1.165, 1.54) is 11.1 Å². The van der Waals surface area contributed by atoms with Crippen LogP contribution in [0.15, 0.2) is 18.2 Å². The number of phenolic OH excluding ortho intramolecular Hbond substituents is 1. The van der Waals surface area contributed by atoms with E-state index >= 15 is 0 Å². The minimum atomic E-state index is -0.364. The Labute approximate surface area is 125 Å². The molecule has 1 aromatic carbocycles. The van der Waals surface area contributed by atoms with Gasteiger partial charge in [0.25, 0.3) is 0 Å². The highest BCUT2D eigenvalue weighted by Gasteiger charge is 2.58. The molecule has 0 radical (unpaired) electrons. The Kier molecular flexibility index (Phi) is 2.89. The van der Waals surface area contributed by atoms with Gasteiger partial charge in [0.1, 0.15) is 5.75 Å². The summed E-state index contributed by atoms with van der Waals surface area (Å²) >= 11 is 0. The Bertz CT molecular complexity index is 570. The lowest BCUT2D eigenvalue weighted by Gasteiger charge is -2.50. The summed E-state index contributed by atoms with van der Waals surface area (Å²) in [6.45, 7) is 2.17. The lowest BCUT2D eigenvalue weighted by atomic mass is 9.55. The molecule has 114 valence electrons. The van der Waals surface area contributed by atoms with Gasteiger partial charge in [-0.15, -0.1) is 0 Å². The molecule has 2 fully saturated rings. The third-order valence-corrected chi connectivity index (χ3v) is 6.65. The van der Waals surface area contributed by atoms with E-state index in [1.807, 2.05) is 6.07 Å². The Morgan fingerprint density at radius 3 is 2.81 bits per heavy atom. The van der Waals surface area contributed by atoms with Crippen LogP contribution in [0.4, 0.5) is 0 Å². The van der Waals surface area contributed by atoms with Crippen LogP contribution < -0.4 is 0 Å². The molecule has 0 saturated heterocycles. The molecule has 6 atom stereocenters. The number of aliphatic hydroxyl groups excluding tert-OH is 2. The molecule has 0 amide bonds. The van der Waals surface area contributed by atoms with Gasteiger partial charge < -0.3 is 15.3 Å². The molecule has 21 heavy (non-hydrogen) atoms. The Morgan fingerprint density at radius 2 is 2.00 bits per heavy atom. The van der Waals surface area contributed by atoms with E-state index in [1.54, 1.807) is 6.07 Å². The van der Waals surface area contributed by atoms with Crippen LogP contribution in [0.1, 0.15) is 49.7 Å². The average molecular weight is 288 g/mol. The second kappa shape index (κ2) is 4.47. The van der Waals surface area contributed by atoms with E-state index in [-0.39, 0.29) is 23.5 Å². The van der Waals surface area contributed by atoms with Gasteiger partial charge in [0.2, 0.25) is 0 Å². The lowest BCUT2D eigenvalue weighted by molar-refractivity contribution is -0.0440. The van der Waals surface area contributed by atoms with Gasteiger partial charge in [0.15, 0.2) is 0 Å².